The molecule has 2 aliphatic heterocycles. The van der Waals surface area contributed by atoms with Gasteiger partial charge in [0.25, 0.3) is 0 Å². The molecule has 2 bridgehead atoms. The molecule has 5 nitrogen and oxygen atoms in total. The van der Waals surface area contributed by atoms with E-state index in [0.717, 1.165) is 12.0 Å². The number of amides is 1. The highest BCUT2D eigenvalue weighted by molar-refractivity contribution is 5.89. The Bertz CT molecular complexity index is 862. The van der Waals surface area contributed by atoms with E-state index in [9.17, 15) is 14.7 Å². The van der Waals surface area contributed by atoms with Gasteiger partial charge in [0.2, 0.25) is 0 Å². The van der Waals surface area contributed by atoms with Crippen molar-refractivity contribution in [3.63, 3.8) is 0 Å². The van der Waals surface area contributed by atoms with Crippen LogP contribution in [0.3, 0.4) is 0 Å². The van der Waals surface area contributed by atoms with Gasteiger partial charge >= 0.3 is 12.1 Å². The zero-order chi connectivity index (χ0) is 18.8. The molecular formula is C22H21NO4. The van der Waals surface area contributed by atoms with Gasteiger partial charge in [0.05, 0.1) is 11.6 Å². The Balaban J connectivity index is 1.65. The van der Waals surface area contributed by atoms with Crippen LogP contribution in [0.15, 0.2) is 72.3 Å². The van der Waals surface area contributed by atoms with Crippen LogP contribution in [0.5, 0.6) is 5.75 Å². The normalized spacial score (nSPS) is 24.1. The first-order valence-electron chi connectivity index (χ1n) is 9.17. The van der Waals surface area contributed by atoms with Crippen molar-refractivity contribution in [1.29, 1.82) is 0 Å². The maximum atomic E-state index is 12.8. The average molecular weight is 363 g/mol. The van der Waals surface area contributed by atoms with Crippen molar-refractivity contribution in [3.05, 3.63) is 77.9 Å². The second kappa shape index (κ2) is 7.27. The standard InChI is InChI=1S/C22H21NO4/c24-21(25)19-13-18(15-7-3-1-4-8-15)16-11-12-20(19)23(14-16)22(26)27-17-9-5-2-6-10-17/h1-10,13,16,18,20H,11-12,14H2,(H,24,25). The number of hydrogen-bond acceptors (Lipinski definition) is 3. The van der Waals surface area contributed by atoms with Crippen molar-refractivity contribution in [2.24, 2.45) is 5.92 Å². The summed E-state index contributed by atoms with van der Waals surface area (Å²) < 4.78 is 5.50. The molecule has 3 atom stereocenters. The highest BCUT2D eigenvalue weighted by Crippen LogP contribution is 2.41. The van der Waals surface area contributed by atoms with Gasteiger partial charge in [0, 0.05) is 12.5 Å². The topological polar surface area (TPSA) is 66.8 Å². The summed E-state index contributed by atoms with van der Waals surface area (Å²) in [5, 5.41) is 9.79. The number of benzene rings is 2. The van der Waals surface area contributed by atoms with Crippen molar-refractivity contribution in [3.8, 4) is 5.75 Å². The number of carboxylic acids is 1. The third-order valence-electron chi connectivity index (χ3n) is 5.46. The molecule has 0 aromatic heterocycles. The lowest BCUT2D eigenvalue weighted by atomic mass is 9.82. The van der Waals surface area contributed by atoms with E-state index >= 15 is 0 Å². The number of para-hydroxylation sites is 1. The molecule has 2 aromatic rings. The van der Waals surface area contributed by atoms with Crippen molar-refractivity contribution in [2.75, 3.05) is 6.54 Å². The van der Waals surface area contributed by atoms with Gasteiger partial charge in [-0.2, -0.15) is 0 Å². The highest BCUT2D eigenvalue weighted by atomic mass is 16.6. The smallest absolute Gasteiger partial charge is 0.415 e. The van der Waals surface area contributed by atoms with Crippen LogP contribution in [-0.2, 0) is 4.79 Å². The fourth-order valence-electron chi connectivity index (χ4n) is 4.16. The molecule has 1 saturated heterocycles. The maximum Gasteiger partial charge on any atom is 0.415 e. The van der Waals surface area contributed by atoms with Gasteiger partial charge in [-0.15, -0.1) is 0 Å². The quantitative estimate of drug-likeness (QED) is 0.892. The van der Waals surface area contributed by atoms with E-state index in [0.29, 0.717) is 18.7 Å². The van der Waals surface area contributed by atoms with E-state index in [1.165, 1.54) is 0 Å². The van der Waals surface area contributed by atoms with Crippen molar-refractivity contribution >= 4 is 12.1 Å². The van der Waals surface area contributed by atoms with Crippen LogP contribution in [0.2, 0.25) is 0 Å². The minimum absolute atomic E-state index is 0.0168. The maximum absolute atomic E-state index is 12.8. The van der Waals surface area contributed by atoms with Crippen LogP contribution in [0, 0.1) is 5.92 Å². The summed E-state index contributed by atoms with van der Waals surface area (Å²) >= 11 is 0. The summed E-state index contributed by atoms with van der Waals surface area (Å²) in [4.78, 5) is 26.3. The first-order chi connectivity index (χ1) is 13.1. The van der Waals surface area contributed by atoms with Crippen LogP contribution < -0.4 is 4.74 Å². The minimum atomic E-state index is -0.971. The van der Waals surface area contributed by atoms with Crippen molar-refractivity contribution in [1.82, 2.24) is 4.90 Å². The Hall–Kier alpha value is -3.08. The second-order valence-corrected chi connectivity index (χ2v) is 7.05. The lowest BCUT2D eigenvalue weighted by Gasteiger charge is -2.38. The Kier molecular flexibility index (Phi) is 4.67. The molecule has 5 heteroatoms. The summed E-state index contributed by atoms with van der Waals surface area (Å²) in [6.45, 7) is 0.489. The zero-order valence-corrected chi connectivity index (χ0v) is 14.8. The summed E-state index contributed by atoms with van der Waals surface area (Å²) in [5.74, 6) is -0.357. The van der Waals surface area contributed by atoms with Gasteiger partial charge in [-0.3, -0.25) is 0 Å². The molecule has 0 radical (unpaired) electrons. The molecule has 27 heavy (non-hydrogen) atoms. The molecule has 1 aliphatic carbocycles. The molecule has 2 aromatic carbocycles. The predicted molar refractivity (Wildman–Crippen MR) is 101 cm³/mol. The van der Waals surface area contributed by atoms with E-state index in [1.807, 2.05) is 42.5 Å². The van der Waals surface area contributed by atoms with Crippen molar-refractivity contribution in [2.45, 2.75) is 24.8 Å². The first kappa shape index (κ1) is 17.3. The number of carbonyl (C=O) groups excluding carboxylic acids is 1. The molecule has 3 unspecified atom stereocenters. The third kappa shape index (κ3) is 3.45. The van der Waals surface area contributed by atoms with Gasteiger partial charge in [0.1, 0.15) is 5.75 Å². The molecule has 1 amide bonds. The monoisotopic (exact) mass is 363 g/mol. The van der Waals surface area contributed by atoms with Gasteiger partial charge in [0.15, 0.2) is 0 Å². The highest BCUT2D eigenvalue weighted by Gasteiger charge is 2.43. The number of rotatable bonds is 3. The van der Waals surface area contributed by atoms with E-state index in [4.69, 9.17) is 4.74 Å². The number of allylic oxidation sites excluding steroid dienone is 1. The van der Waals surface area contributed by atoms with Gasteiger partial charge in [-0.1, -0.05) is 54.6 Å². The van der Waals surface area contributed by atoms with Crippen molar-refractivity contribution < 1.29 is 19.4 Å². The van der Waals surface area contributed by atoms with Crippen LogP contribution in [0.4, 0.5) is 4.79 Å². The largest absolute Gasteiger partial charge is 0.478 e. The molecule has 138 valence electrons. The molecule has 1 fully saturated rings. The molecule has 3 aliphatic rings. The number of piperidine rings is 1. The van der Waals surface area contributed by atoms with E-state index in [2.05, 4.69) is 0 Å². The number of ether oxygens (including phenoxy) is 1. The third-order valence-corrected chi connectivity index (χ3v) is 5.46. The van der Waals surface area contributed by atoms with Gasteiger partial charge in [-0.05, 0) is 36.5 Å². The predicted octanol–water partition coefficient (Wildman–Crippen LogP) is 4.07. The number of aliphatic carboxylic acids is 1. The summed E-state index contributed by atoms with van der Waals surface area (Å²) in [6.07, 6.45) is 2.87. The van der Waals surface area contributed by atoms with E-state index in [-0.39, 0.29) is 17.4 Å². The lowest BCUT2D eigenvalue weighted by molar-refractivity contribution is -0.133. The van der Waals surface area contributed by atoms with Crippen LogP contribution in [-0.4, -0.2) is 34.7 Å². The van der Waals surface area contributed by atoms with E-state index in [1.54, 1.807) is 29.2 Å². The number of carbonyl (C=O) groups is 2. The SMILES string of the molecule is O=C(O)C1=CC(c2ccccc2)C2CCC1N(C(=O)Oc1ccccc1)C2. The molecular weight excluding hydrogens is 342 g/mol. The average Bonchev–Trinajstić information content (AvgIpc) is 2.98. The molecule has 0 spiro atoms. The first-order valence-corrected chi connectivity index (χ1v) is 9.17. The minimum Gasteiger partial charge on any atom is -0.478 e. The number of carboxylic acid groups (broad SMARTS) is 1. The van der Waals surface area contributed by atoms with Gasteiger partial charge in [-0.25, -0.2) is 9.59 Å². The summed E-state index contributed by atoms with van der Waals surface area (Å²) in [7, 11) is 0. The Labute approximate surface area is 157 Å². The summed E-state index contributed by atoms with van der Waals surface area (Å²) in [6, 6.07) is 18.3. The molecule has 5 rings (SSSR count). The summed E-state index contributed by atoms with van der Waals surface area (Å²) in [5.41, 5.74) is 1.37. The molecule has 1 N–H and O–H groups in total. The van der Waals surface area contributed by atoms with E-state index < -0.39 is 18.1 Å². The zero-order valence-electron chi connectivity index (χ0n) is 14.8. The van der Waals surface area contributed by atoms with Crippen LogP contribution in [0.1, 0.15) is 24.3 Å². The Morgan fingerprint density at radius 3 is 2.30 bits per heavy atom. The fraction of sp³-hybridized carbons (Fsp3) is 0.273. The molecule has 0 saturated carbocycles. The fourth-order valence-corrected chi connectivity index (χ4v) is 4.16. The number of hydrogen-bond donors (Lipinski definition) is 1. The Morgan fingerprint density at radius 1 is 0.963 bits per heavy atom. The number of nitrogens with zero attached hydrogens (tertiary/aromatic N) is 1. The molecule has 2 heterocycles. The lowest BCUT2D eigenvalue weighted by Crippen LogP contribution is -2.49. The number of fused-ring (bicyclic) bond motifs is 3. The second-order valence-electron chi connectivity index (χ2n) is 7.05. The van der Waals surface area contributed by atoms with Gasteiger partial charge < -0.3 is 14.7 Å². The van der Waals surface area contributed by atoms with Crippen LogP contribution in [0.25, 0.3) is 0 Å². The Morgan fingerprint density at radius 2 is 1.63 bits per heavy atom. The van der Waals surface area contributed by atoms with Crippen LogP contribution >= 0.6 is 0 Å².